The van der Waals surface area contributed by atoms with Crippen molar-refractivity contribution in [3.8, 4) is 22.9 Å². The smallest absolute Gasteiger partial charge is 0.240 e. The Morgan fingerprint density at radius 1 is 1.09 bits per heavy atom. The molecule has 0 aliphatic rings. The minimum atomic E-state index is -3.69. The van der Waals surface area contributed by atoms with Gasteiger partial charge in [-0.1, -0.05) is 0 Å². The van der Waals surface area contributed by atoms with Crippen LogP contribution in [0.4, 0.5) is 5.69 Å². The van der Waals surface area contributed by atoms with E-state index in [4.69, 9.17) is 9.47 Å². The lowest BCUT2D eigenvalue weighted by molar-refractivity contribution is -0.114. The lowest BCUT2D eigenvalue weighted by atomic mass is 10.2. The third-order valence-corrected chi connectivity index (χ3v) is 7.29. The molecule has 2 heterocycles. The van der Waals surface area contributed by atoms with Crippen molar-refractivity contribution in [2.45, 2.75) is 18.2 Å². The number of amides is 1. The fourth-order valence-electron chi connectivity index (χ4n) is 3.31. The van der Waals surface area contributed by atoms with E-state index in [-0.39, 0.29) is 17.3 Å². The third kappa shape index (κ3) is 5.03. The number of rotatable bonds is 9. The summed E-state index contributed by atoms with van der Waals surface area (Å²) >= 11 is 1.43. The Morgan fingerprint density at radius 3 is 2.50 bits per heavy atom. The molecule has 0 spiro atoms. The quantitative estimate of drug-likeness (QED) is 0.361. The van der Waals surface area contributed by atoms with Crippen LogP contribution in [0.15, 0.2) is 52.7 Å². The Bertz CT molecular complexity index is 1430. The monoisotopic (exact) mass is 501 g/mol. The second-order valence-corrected chi connectivity index (χ2v) is 9.88. The molecule has 0 aliphatic heterocycles. The zero-order valence-corrected chi connectivity index (χ0v) is 20.4. The van der Waals surface area contributed by atoms with Gasteiger partial charge in [0.25, 0.3) is 0 Å². The molecule has 0 radical (unpaired) electrons. The van der Waals surface area contributed by atoms with Crippen LogP contribution < -0.4 is 19.5 Å². The highest BCUT2D eigenvalue weighted by Gasteiger charge is 2.16. The van der Waals surface area contributed by atoms with Crippen molar-refractivity contribution in [1.29, 1.82) is 0 Å². The van der Waals surface area contributed by atoms with Crippen molar-refractivity contribution < 1.29 is 22.7 Å². The summed E-state index contributed by atoms with van der Waals surface area (Å²) in [6.07, 6.45) is 0.429. The van der Waals surface area contributed by atoms with Crippen molar-refractivity contribution >= 4 is 37.9 Å². The summed E-state index contributed by atoms with van der Waals surface area (Å²) in [5.41, 5.74) is 2.15. The highest BCUT2D eigenvalue weighted by atomic mass is 32.2. The molecular weight excluding hydrogens is 478 g/mol. The summed E-state index contributed by atoms with van der Waals surface area (Å²) in [6, 6.07) is 11.4. The lowest BCUT2D eigenvalue weighted by Gasteiger charge is -2.08. The molecule has 4 aromatic rings. The van der Waals surface area contributed by atoms with Gasteiger partial charge in [0.1, 0.15) is 0 Å². The van der Waals surface area contributed by atoms with Gasteiger partial charge in [-0.15, -0.1) is 16.4 Å². The van der Waals surface area contributed by atoms with E-state index in [9.17, 15) is 13.2 Å². The number of carbonyl (C=O) groups excluding carboxylic acids is 1. The molecule has 0 atom stereocenters. The number of methoxy groups -OCH3 is 2. The summed E-state index contributed by atoms with van der Waals surface area (Å²) in [5, 5.41) is 9.10. The minimum Gasteiger partial charge on any atom is -0.493 e. The summed E-state index contributed by atoms with van der Waals surface area (Å²) in [6.45, 7) is 1.58. The van der Waals surface area contributed by atoms with Gasteiger partial charge in [0.05, 0.1) is 24.8 Å². The predicted octanol–water partition coefficient (Wildman–Crippen LogP) is 2.95. The molecule has 34 heavy (non-hydrogen) atoms. The number of hydrogen-bond acceptors (Lipinski definition) is 8. The number of benzene rings is 2. The van der Waals surface area contributed by atoms with E-state index in [1.54, 1.807) is 36.9 Å². The van der Waals surface area contributed by atoms with Crippen molar-refractivity contribution in [1.82, 2.24) is 19.3 Å². The van der Waals surface area contributed by atoms with E-state index in [2.05, 4.69) is 20.1 Å². The Balaban J connectivity index is 1.45. The van der Waals surface area contributed by atoms with Crippen LogP contribution in [0.1, 0.15) is 12.6 Å². The van der Waals surface area contributed by atoms with E-state index < -0.39 is 10.0 Å². The van der Waals surface area contributed by atoms with Gasteiger partial charge in [-0.25, -0.2) is 17.7 Å². The van der Waals surface area contributed by atoms with Gasteiger partial charge in [0, 0.05) is 36.5 Å². The number of ether oxygens (including phenoxy) is 2. The van der Waals surface area contributed by atoms with Crippen LogP contribution in [0.25, 0.3) is 16.3 Å². The zero-order valence-electron chi connectivity index (χ0n) is 18.7. The number of thiazole rings is 1. The molecule has 4 rings (SSSR count). The van der Waals surface area contributed by atoms with Gasteiger partial charge in [-0.2, -0.15) is 4.98 Å². The van der Waals surface area contributed by atoms with Gasteiger partial charge in [-0.05, 0) is 42.5 Å². The van der Waals surface area contributed by atoms with E-state index in [0.29, 0.717) is 34.4 Å². The maximum Gasteiger partial charge on any atom is 0.240 e. The maximum absolute atomic E-state index is 12.6. The average molecular weight is 502 g/mol. The number of hydrogen-bond donors (Lipinski definition) is 2. The maximum atomic E-state index is 12.6. The normalized spacial score (nSPS) is 11.5. The molecule has 0 aliphatic carbocycles. The first-order valence-electron chi connectivity index (χ1n) is 10.2. The number of anilines is 1. The number of fused-ring (bicyclic) bond motifs is 1. The minimum absolute atomic E-state index is 0.119. The van der Waals surface area contributed by atoms with Gasteiger partial charge < -0.3 is 14.8 Å². The Kier molecular flexibility index (Phi) is 6.82. The fraction of sp³-hybridized carbons (Fsp3) is 0.227. The first-order chi connectivity index (χ1) is 16.3. The molecule has 0 saturated heterocycles. The number of sulfonamides is 1. The number of aromatic nitrogens is 3. The van der Waals surface area contributed by atoms with Crippen LogP contribution in [0.5, 0.6) is 11.5 Å². The summed E-state index contributed by atoms with van der Waals surface area (Å²) in [7, 11) is -0.555. The van der Waals surface area contributed by atoms with E-state index >= 15 is 0 Å². The molecule has 2 N–H and O–H groups in total. The van der Waals surface area contributed by atoms with Crippen molar-refractivity contribution in [2.24, 2.45) is 0 Å². The van der Waals surface area contributed by atoms with Gasteiger partial charge in [-0.3, -0.25) is 4.79 Å². The van der Waals surface area contributed by atoms with Crippen molar-refractivity contribution in [3.05, 3.63) is 53.5 Å². The van der Waals surface area contributed by atoms with Crippen molar-refractivity contribution in [2.75, 3.05) is 26.1 Å². The van der Waals surface area contributed by atoms with Crippen LogP contribution in [0.3, 0.4) is 0 Å². The molecule has 2 aromatic heterocycles. The lowest BCUT2D eigenvalue weighted by Crippen LogP contribution is -2.26. The zero-order chi connectivity index (χ0) is 24.3. The fourth-order valence-corrected chi connectivity index (χ4v) is 5.20. The van der Waals surface area contributed by atoms with E-state index in [1.807, 2.05) is 17.5 Å². The third-order valence-electron chi connectivity index (χ3n) is 4.95. The topological polar surface area (TPSA) is 124 Å². The number of carbonyl (C=O) groups is 1. The second kappa shape index (κ2) is 9.79. The molecule has 178 valence electrons. The molecule has 0 fully saturated rings. The summed E-state index contributed by atoms with van der Waals surface area (Å²) in [5.74, 6) is 1.51. The summed E-state index contributed by atoms with van der Waals surface area (Å²) < 4.78 is 40.2. The second-order valence-electron chi connectivity index (χ2n) is 7.28. The van der Waals surface area contributed by atoms with Gasteiger partial charge in [0.15, 0.2) is 17.3 Å². The number of nitrogens with one attached hydrogen (secondary N) is 2. The molecule has 0 bridgehead atoms. The predicted molar refractivity (Wildman–Crippen MR) is 129 cm³/mol. The molecule has 2 aromatic carbocycles. The highest BCUT2D eigenvalue weighted by molar-refractivity contribution is 7.89. The average Bonchev–Trinajstić information content (AvgIpc) is 3.40. The van der Waals surface area contributed by atoms with Crippen LogP contribution >= 0.6 is 11.3 Å². The van der Waals surface area contributed by atoms with Crippen LogP contribution in [0, 0.1) is 0 Å². The Morgan fingerprint density at radius 2 is 1.82 bits per heavy atom. The molecule has 1 amide bonds. The van der Waals surface area contributed by atoms with Crippen LogP contribution in [-0.4, -0.2) is 49.7 Å². The Hall–Kier alpha value is -3.48. The standard InChI is InChI=1S/C22H23N5O5S2/c1-14(28)24-16-5-7-18(8-6-16)34(29,30)23-11-10-17-13-33-22-25-21(26-27(17)22)15-4-9-19(31-2)20(12-15)32-3/h4-9,12-13,23H,10-11H2,1-3H3,(H,24,28). The van der Waals surface area contributed by atoms with E-state index in [1.165, 1.54) is 30.4 Å². The molecular formula is C22H23N5O5S2. The Labute approximate surface area is 200 Å². The first-order valence-corrected chi connectivity index (χ1v) is 12.6. The largest absolute Gasteiger partial charge is 0.493 e. The number of nitrogens with zero attached hydrogens (tertiary/aromatic N) is 3. The highest BCUT2D eigenvalue weighted by Crippen LogP contribution is 2.31. The molecule has 0 saturated carbocycles. The van der Waals surface area contributed by atoms with E-state index in [0.717, 1.165) is 11.3 Å². The van der Waals surface area contributed by atoms with Crippen LogP contribution in [-0.2, 0) is 21.2 Å². The molecule has 10 nitrogen and oxygen atoms in total. The first kappa shape index (κ1) is 23.7. The van der Waals surface area contributed by atoms with Gasteiger partial charge >= 0.3 is 0 Å². The summed E-state index contributed by atoms with van der Waals surface area (Å²) in [4.78, 5) is 16.5. The van der Waals surface area contributed by atoms with Crippen LogP contribution in [0.2, 0.25) is 0 Å². The SMILES string of the molecule is COc1ccc(-c2nc3scc(CCNS(=O)(=O)c4ccc(NC(C)=O)cc4)n3n2)cc1OC. The van der Waals surface area contributed by atoms with Crippen molar-refractivity contribution in [3.63, 3.8) is 0 Å². The molecule has 12 heteroatoms. The van der Waals surface area contributed by atoms with Gasteiger partial charge in [0.2, 0.25) is 20.9 Å². The molecule has 0 unspecified atom stereocenters.